The number of hydrogen-bond donors (Lipinski definition) is 3. The van der Waals surface area contributed by atoms with E-state index in [1.54, 1.807) is 6.20 Å². The van der Waals surface area contributed by atoms with Crippen molar-refractivity contribution >= 4 is 11.8 Å². The highest BCUT2D eigenvalue weighted by Gasteiger charge is 2.26. The molecule has 4 N–H and O–H groups in total. The van der Waals surface area contributed by atoms with E-state index >= 15 is 0 Å². The summed E-state index contributed by atoms with van der Waals surface area (Å²) in [5.41, 5.74) is 3.69. The van der Waals surface area contributed by atoms with Gasteiger partial charge in [-0.05, 0) is 32.6 Å². The summed E-state index contributed by atoms with van der Waals surface area (Å²) >= 11 is 0. The predicted octanol–water partition coefficient (Wildman–Crippen LogP) is 2.70. The molecule has 0 radical (unpaired) electrons. The van der Waals surface area contributed by atoms with Crippen molar-refractivity contribution in [1.29, 1.82) is 0 Å². The lowest BCUT2D eigenvalue weighted by Gasteiger charge is -2.34. The summed E-state index contributed by atoms with van der Waals surface area (Å²) < 4.78 is 0. The Morgan fingerprint density at radius 1 is 1.22 bits per heavy atom. The average Bonchev–Trinajstić information content (AvgIpc) is 2.17. The first-order chi connectivity index (χ1) is 8.13. The molecule has 0 amide bonds. The number of rotatable bonds is 4. The Kier molecular flexibility index (Phi) is 4.16. The molecule has 0 atom stereocenters. The SMILES string of the molecule is Cc1cnc(NN)nc1NC(C)(C)CC(C)(C)C. The standard InChI is InChI=1S/C13H25N5/c1-9-7-15-11(18-14)16-10(9)17-13(5,6)8-12(2,3)4/h7H,8,14H2,1-6H3,(H2,15,16,17,18). The maximum Gasteiger partial charge on any atom is 0.239 e. The van der Waals surface area contributed by atoms with Crippen LogP contribution in [0.2, 0.25) is 0 Å². The number of hydrazine groups is 1. The highest BCUT2D eigenvalue weighted by atomic mass is 15.3. The van der Waals surface area contributed by atoms with E-state index in [0.29, 0.717) is 5.95 Å². The van der Waals surface area contributed by atoms with E-state index in [-0.39, 0.29) is 11.0 Å². The van der Waals surface area contributed by atoms with Crippen molar-refractivity contribution in [3.8, 4) is 0 Å². The lowest BCUT2D eigenvalue weighted by molar-refractivity contribution is 0.302. The minimum absolute atomic E-state index is 0.0385. The van der Waals surface area contributed by atoms with Gasteiger partial charge in [0, 0.05) is 17.3 Å². The first-order valence-corrected chi connectivity index (χ1v) is 6.21. The second kappa shape index (κ2) is 5.10. The molecule has 1 aromatic heterocycles. The van der Waals surface area contributed by atoms with Crippen LogP contribution in [-0.4, -0.2) is 15.5 Å². The number of nitrogens with two attached hydrogens (primary N) is 1. The van der Waals surface area contributed by atoms with Crippen LogP contribution < -0.4 is 16.6 Å². The van der Waals surface area contributed by atoms with Crippen molar-refractivity contribution in [3.63, 3.8) is 0 Å². The second-order valence-corrected chi connectivity index (χ2v) is 6.62. The van der Waals surface area contributed by atoms with Crippen molar-refractivity contribution < 1.29 is 0 Å². The highest BCUT2D eigenvalue weighted by Crippen LogP contribution is 2.30. The summed E-state index contributed by atoms with van der Waals surface area (Å²) in [6.07, 6.45) is 2.80. The van der Waals surface area contributed by atoms with Gasteiger partial charge in [-0.1, -0.05) is 20.8 Å². The molecule has 0 aromatic carbocycles. The molecule has 0 unspecified atom stereocenters. The number of nitrogen functional groups attached to an aromatic ring is 1. The number of anilines is 2. The van der Waals surface area contributed by atoms with Gasteiger partial charge in [-0.15, -0.1) is 0 Å². The molecule has 102 valence electrons. The maximum atomic E-state index is 5.33. The Bertz CT molecular complexity index is 406. The van der Waals surface area contributed by atoms with Crippen molar-refractivity contribution in [2.45, 2.75) is 53.5 Å². The zero-order valence-corrected chi connectivity index (χ0v) is 12.3. The van der Waals surface area contributed by atoms with Gasteiger partial charge in [-0.2, -0.15) is 4.98 Å². The normalized spacial score (nSPS) is 12.4. The van der Waals surface area contributed by atoms with Gasteiger partial charge < -0.3 is 5.32 Å². The van der Waals surface area contributed by atoms with Gasteiger partial charge in [0.1, 0.15) is 5.82 Å². The van der Waals surface area contributed by atoms with Crippen molar-refractivity contribution in [1.82, 2.24) is 9.97 Å². The maximum absolute atomic E-state index is 5.33. The van der Waals surface area contributed by atoms with E-state index in [0.717, 1.165) is 17.8 Å². The quantitative estimate of drug-likeness (QED) is 0.566. The van der Waals surface area contributed by atoms with E-state index in [2.05, 4.69) is 55.3 Å². The summed E-state index contributed by atoms with van der Waals surface area (Å²) in [5, 5.41) is 3.47. The summed E-state index contributed by atoms with van der Waals surface area (Å²) in [4.78, 5) is 8.42. The van der Waals surface area contributed by atoms with Crippen LogP contribution >= 0.6 is 0 Å². The smallest absolute Gasteiger partial charge is 0.239 e. The van der Waals surface area contributed by atoms with E-state index < -0.39 is 0 Å². The summed E-state index contributed by atoms with van der Waals surface area (Å²) in [6.45, 7) is 13.0. The lowest BCUT2D eigenvalue weighted by atomic mass is 9.82. The Labute approximate surface area is 110 Å². The van der Waals surface area contributed by atoms with E-state index in [4.69, 9.17) is 5.84 Å². The first-order valence-electron chi connectivity index (χ1n) is 6.21. The summed E-state index contributed by atoms with van der Waals surface area (Å²) in [7, 11) is 0. The topological polar surface area (TPSA) is 75.9 Å². The van der Waals surface area contributed by atoms with Crippen LogP contribution in [0.4, 0.5) is 11.8 Å². The predicted molar refractivity (Wildman–Crippen MR) is 76.4 cm³/mol. The first kappa shape index (κ1) is 14.7. The molecule has 0 aliphatic heterocycles. The zero-order chi connectivity index (χ0) is 14.0. The minimum Gasteiger partial charge on any atom is -0.365 e. The number of nitrogens with one attached hydrogen (secondary N) is 2. The third kappa shape index (κ3) is 4.49. The fraction of sp³-hybridized carbons (Fsp3) is 0.692. The molecule has 0 bridgehead atoms. The molecule has 0 aliphatic rings. The molecule has 5 nitrogen and oxygen atoms in total. The van der Waals surface area contributed by atoms with Crippen LogP contribution in [0.25, 0.3) is 0 Å². The molecule has 18 heavy (non-hydrogen) atoms. The number of aryl methyl sites for hydroxylation is 1. The van der Waals surface area contributed by atoms with Gasteiger partial charge >= 0.3 is 0 Å². The van der Waals surface area contributed by atoms with Crippen LogP contribution in [0.3, 0.4) is 0 Å². The minimum atomic E-state index is -0.0385. The van der Waals surface area contributed by atoms with Gasteiger partial charge in [0.2, 0.25) is 5.95 Å². The molecule has 1 heterocycles. The molecular formula is C13H25N5. The van der Waals surface area contributed by atoms with E-state index in [1.807, 2.05) is 6.92 Å². The molecule has 0 fully saturated rings. The van der Waals surface area contributed by atoms with Crippen LogP contribution in [0.1, 0.15) is 46.6 Å². The van der Waals surface area contributed by atoms with E-state index in [1.165, 1.54) is 0 Å². The molecule has 0 spiro atoms. The Morgan fingerprint density at radius 2 is 1.83 bits per heavy atom. The Balaban J connectivity index is 2.89. The van der Waals surface area contributed by atoms with Crippen LogP contribution in [0.5, 0.6) is 0 Å². The zero-order valence-electron chi connectivity index (χ0n) is 12.3. The van der Waals surface area contributed by atoms with Gasteiger partial charge in [0.05, 0.1) is 0 Å². The van der Waals surface area contributed by atoms with Crippen LogP contribution in [0.15, 0.2) is 6.20 Å². The van der Waals surface area contributed by atoms with Crippen molar-refractivity contribution in [2.24, 2.45) is 11.3 Å². The van der Waals surface area contributed by atoms with Gasteiger partial charge in [0.15, 0.2) is 0 Å². The monoisotopic (exact) mass is 251 g/mol. The average molecular weight is 251 g/mol. The van der Waals surface area contributed by atoms with Gasteiger partial charge in [-0.3, -0.25) is 5.43 Å². The highest BCUT2D eigenvalue weighted by molar-refractivity contribution is 5.47. The van der Waals surface area contributed by atoms with Crippen LogP contribution in [-0.2, 0) is 0 Å². The molecular weight excluding hydrogens is 226 g/mol. The number of hydrogen-bond acceptors (Lipinski definition) is 5. The Hall–Kier alpha value is -1.36. The molecule has 0 saturated heterocycles. The van der Waals surface area contributed by atoms with Gasteiger partial charge in [0.25, 0.3) is 0 Å². The Morgan fingerprint density at radius 3 is 2.33 bits per heavy atom. The van der Waals surface area contributed by atoms with Crippen LogP contribution in [0, 0.1) is 12.3 Å². The molecule has 1 rings (SSSR count). The third-order valence-corrected chi connectivity index (χ3v) is 2.53. The largest absolute Gasteiger partial charge is 0.365 e. The summed E-state index contributed by atoms with van der Waals surface area (Å²) in [5.74, 6) is 6.58. The fourth-order valence-corrected chi connectivity index (χ4v) is 2.33. The third-order valence-electron chi connectivity index (χ3n) is 2.53. The molecule has 0 aliphatic carbocycles. The lowest BCUT2D eigenvalue weighted by Crippen LogP contribution is -2.36. The molecule has 1 aromatic rings. The number of nitrogens with zero attached hydrogens (tertiary/aromatic N) is 2. The fourth-order valence-electron chi connectivity index (χ4n) is 2.33. The van der Waals surface area contributed by atoms with Crippen molar-refractivity contribution in [2.75, 3.05) is 10.7 Å². The second-order valence-electron chi connectivity index (χ2n) is 6.62. The van der Waals surface area contributed by atoms with Crippen molar-refractivity contribution in [3.05, 3.63) is 11.8 Å². The molecule has 5 heteroatoms. The summed E-state index contributed by atoms with van der Waals surface area (Å²) in [6, 6.07) is 0. The van der Waals surface area contributed by atoms with E-state index in [9.17, 15) is 0 Å². The molecule has 0 saturated carbocycles. The number of aromatic nitrogens is 2. The van der Waals surface area contributed by atoms with Gasteiger partial charge in [-0.25, -0.2) is 10.8 Å².